The molecule has 0 aliphatic rings. The number of rotatable bonds is 12. The SMILES string of the molecule is C=CCONC(C=C)CN(OC(=O)c1ccccc1)C(C)O/N=C\C. The van der Waals surface area contributed by atoms with Crippen LogP contribution in [0.5, 0.6) is 0 Å². The van der Waals surface area contributed by atoms with Gasteiger partial charge < -0.3 is 9.68 Å². The fourth-order valence-corrected chi connectivity index (χ4v) is 1.76. The molecule has 0 fully saturated rings. The van der Waals surface area contributed by atoms with Gasteiger partial charge in [0.1, 0.15) is 0 Å². The third kappa shape index (κ3) is 7.75. The van der Waals surface area contributed by atoms with Crippen LogP contribution in [0.2, 0.25) is 0 Å². The van der Waals surface area contributed by atoms with Crippen LogP contribution in [0.3, 0.4) is 0 Å². The molecular formula is C18H25N3O4. The Bertz CT molecular complexity index is 563. The van der Waals surface area contributed by atoms with Gasteiger partial charge in [-0.1, -0.05) is 40.6 Å². The van der Waals surface area contributed by atoms with Crippen molar-refractivity contribution in [1.82, 2.24) is 10.5 Å². The summed E-state index contributed by atoms with van der Waals surface area (Å²) in [6.45, 7) is 11.3. The molecule has 1 aromatic rings. The van der Waals surface area contributed by atoms with Crippen LogP contribution < -0.4 is 5.48 Å². The van der Waals surface area contributed by atoms with Gasteiger partial charge in [0, 0.05) is 6.21 Å². The minimum Gasteiger partial charge on any atom is -0.374 e. The van der Waals surface area contributed by atoms with Crippen molar-refractivity contribution in [2.45, 2.75) is 26.1 Å². The van der Waals surface area contributed by atoms with Gasteiger partial charge in [0.25, 0.3) is 0 Å². The van der Waals surface area contributed by atoms with E-state index in [2.05, 4.69) is 23.8 Å². The van der Waals surface area contributed by atoms with Crippen molar-refractivity contribution in [1.29, 1.82) is 0 Å². The molecule has 0 heterocycles. The monoisotopic (exact) mass is 347 g/mol. The highest BCUT2D eigenvalue weighted by Gasteiger charge is 2.24. The van der Waals surface area contributed by atoms with E-state index in [0.717, 1.165) is 0 Å². The maximum absolute atomic E-state index is 12.3. The molecule has 136 valence electrons. The Kier molecular flexibility index (Phi) is 9.84. The number of hydroxylamine groups is 3. The molecule has 0 amide bonds. The molecule has 7 heteroatoms. The highest BCUT2D eigenvalue weighted by molar-refractivity contribution is 5.89. The van der Waals surface area contributed by atoms with E-state index >= 15 is 0 Å². The van der Waals surface area contributed by atoms with Gasteiger partial charge in [-0.2, -0.15) is 5.48 Å². The first kappa shape index (κ1) is 20.6. The van der Waals surface area contributed by atoms with Gasteiger partial charge in [0.2, 0.25) is 6.23 Å². The molecule has 1 aromatic carbocycles. The number of nitrogens with one attached hydrogen (secondary N) is 1. The summed E-state index contributed by atoms with van der Waals surface area (Å²) in [5, 5.41) is 5.11. The minimum absolute atomic E-state index is 0.250. The second-order valence-corrected chi connectivity index (χ2v) is 4.97. The van der Waals surface area contributed by atoms with Crippen molar-refractivity contribution < 1.29 is 19.3 Å². The Hall–Kier alpha value is -2.48. The first-order valence-corrected chi connectivity index (χ1v) is 7.90. The number of hydrogen-bond acceptors (Lipinski definition) is 7. The first-order chi connectivity index (χ1) is 12.1. The molecule has 7 nitrogen and oxygen atoms in total. The van der Waals surface area contributed by atoms with Gasteiger partial charge in [-0.15, -0.1) is 13.2 Å². The Morgan fingerprint density at radius 3 is 2.68 bits per heavy atom. The molecule has 1 N–H and O–H groups in total. The van der Waals surface area contributed by atoms with E-state index in [9.17, 15) is 4.79 Å². The highest BCUT2D eigenvalue weighted by atomic mass is 16.8. The predicted octanol–water partition coefficient (Wildman–Crippen LogP) is 2.69. The lowest BCUT2D eigenvalue weighted by atomic mass is 10.2. The van der Waals surface area contributed by atoms with E-state index in [-0.39, 0.29) is 12.6 Å². The van der Waals surface area contributed by atoms with E-state index in [4.69, 9.17) is 14.5 Å². The Labute approximate surface area is 148 Å². The van der Waals surface area contributed by atoms with Gasteiger partial charge in [-0.05, 0) is 26.0 Å². The van der Waals surface area contributed by atoms with Crippen molar-refractivity contribution in [2.24, 2.45) is 5.16 Å². The standard InChI is InChI=1S/C18H25N3O4/c1-5-13-23-20-17(6-2)14-21(15(4)24-19-7-3)25-18(22)16-11-9-8-10-12-16/h5-12,15,17,20H,1-2,13-14H2,3-4H3/b19-7-. The molecule has 0 aliphatic carbocycles. The van der Waals surface area contributed by atoms with Gasteiger partial charge in [-0.3, -0.25) is 4.84 Å². The van der Waals surface area contributed by atoms with E-state index in [1.165, 1.54) is 11.3 Å². The van der Waals surface area contributed by atoms with Crippen LogP contribution in [0.1, 0.15) is 24.2 Å². The van der Waals surface area contributed by atoms with Crippen LogP contribution >= 0.6 is 0 Å². The smallest absolute Gasteiger partial charge is 0.357 e. The van der Waals surface area contributed by atoms with Crippen molar-refractivity contribution >= 4 is 12.2 Å². The molecule has 0 spiro atoms. The Morgan fingerprint density at radius 1 is 1.36 bits per heavy atom. The van der Waals surface area contributed by atoms with E-state index in [1.54, 1.807) is 50.3 Å². The second kappa shape index (κ2) is 12.0. The average Bonchev–Trinajstić information content (AvgIpc) is 2.65. The summed E-state index contributed by atoms with van der Waals surface area (Å²) < 4.78 is 0. The second-order valence-electron chi connectivity index (χ2n) is 4.97. The lowest BCUT2D eigenvalue weighted by molar-refractivity contribution is -0.214. The number of benzene rings is 1. The van der Waals surface area contributed by atoms with Gasteiger partial charge in [-0.25, -0.2) is 4.79 Å². The van der Waals surface area contributed by atoms with Crippen molar-refractivity contribution in [3.05, 3.63) is 61.2 Å². The summed E-state index contributed by atoms with van der Waals surface area (Å²) in [4.78, 5) is 28.3. The zero-order chi connectivity index (χ0) is 18.5. The number of nitrogens with zero attached hydrogens (tertiary/aromatic N) is 2. The molecular weight excluding hydrogens is 322 g/mol. The highest BCUT2D eigenvalue weighted by Crippen LogP contribution is 2.09. The van der Waals surface area contributed by atoms with Gasteiger partial charge in [0.05, 0.1) is 24.8 Å². The van der Waals surface area contributed by atoms with Gasteiger partial charge in [0.15, 0.2) is 0 Å². The molecule has 25 heavy (non-hydrogen) atoms. The molecule has 0 aliphatic heterocycles. The largest absolute Gasteiger partial charge is 0.374 e. The summed E-state index contributed by atoms with van der Waals surface area (Å²) in [6.07, 6.45) is 4.15. The number of carbonyl (C=O) groups is 1. The van der Waals surface area contributed by atoms with E-state index in [1.807, 2.05) is 6.07 Å². The molecule has 0 bridgehead atoms. The zero-order valence-corrected chi connectivity index (χ0v) is 14.6. The summed E-state index contributed by atoms with van der Waals surface area (Å²) in [5.74, 6) is -0.494. The van der Waals surface area contributed by atoms with Crippen molar-refractivity contribution in [3.8, 4) is 0 Å². The van der Waals surface area contributed by atoms with Gasteiger partial charge >= 0.3 is 5.97 Å². The van der Waals surface area contributed by atoms with E-state index < -0.39 is 12.2 Å². The molecule has 2 atom stereocenters. The van der Waals surface area contributed by atoms with Crippen LogP contribution in [0.25, 0.3) is 0 Å². The summed E-state index contributed by atoms with van der Waals surface area (Å²) >= 11 is 0. The molecule has 0 saturated heterocycles. The number of carbonyl (C=O) groups excluding carboxylic acids is 1. The first-order valence-electron chi connectivity index (χ1n) is 7.90. The van der Waals surface area contributed by atoms with E-state index in [0.29, 0.717) is 12.2 Å². The predicted molar refractivity (Wildman–Crippen MR) is 96.5 cm³/mol. The molecule has 0 aromatic heterocycles. The third-order valence-electron chi connectivity index (χ3n) is 3.03. The minimum atomic E-state index is -0.604. The Balaban J connectivity index is 2.78. The summed E-state index contributed by atoms with van der Waals surface area (Å²) in [7, 11) is 0. The third-order valence-corrected chi connectivity index (χ3v) is 3.03. The quantitative estimate of drug-likeness (QED) is 0.206. The molecule has 0 radical (unpaired) electrons. The topological polar surface area (TPSA) is 72.4 Å². The van der Waals surface area contributed by atoms with Crippen LogP contribution in [0, 0.1) is 0 Å². The average molecular weight is 347 g/mol. The van der Waals surface area contributed by atoms with Crippen LogP contribution in [-0.4, -0.2) is 42.7 Å². The fraction of sp³-hybridized carbons (Fsp3) is 0.333. The maximum Gasteiger partial charge on any atom is 0.357 e. The molecule has 2 unspecified atom stereocenters. The normalized spacial score (nSPS) is 13.4. The van der Waals surface area contributed by atoms with Crippen LogP contribution in [-0.2, 0) is 14.5 Å². The zero-order valence-electron chi connectivity index (χ0n) is 14.6. The maximum atomic E-state index is 12.3. The lowest BCUT2D eigenvalue weighted by Gasteiger charge is -2.28. The number of oxime groups is 1. The molecule has 0 saturated carbocycles. The Morgan fingerprint density at radius 2 is 2.08 bits per heavy atom. The van der Waals surface area contributed by atoms with Crippen molar-refractivity contribution in [2.75, 3.05) is 13.2 Å². The molecule has 1 rings (SSSR count). The summed E-state index contributed by atoms with van der Waals surface area (Å²) in [5.41, 5.74) is 3.24. The van der Waals surface area contributed by atoms with Crippen molar-refractivity contribution in [3.63, 3.8) is 0 Å². The lowest BCUT2D eigenvalue weighted by Crippen LogP contribution is -2.45. The van der Waals surface area contributed by atoms with Crippen LogP contribution in [0.15, 0.2) is 60.8 Å². The number of hydrogen-bond donors (Lipinski definition) is 1. The van der Waals surface area contributed by atoms with Crippen LogP contribution in [0.4, 0.5) is 0 Å². The summed E-state index contributed by atoms with van der Waals surface area (Å²) in [6, 6.07) is 8.39. The fourth-order valence-electron chi connectivity index (χ4n) is 1.76.